The molecule has 0 radical (unpaired) electrons. The fourth-order valence-corrected chi connectivity index (χ4v) is 7.66. The number of esters is 1. The van der Waals surface area contributed by atoms with E-state index in [2.05, 4.69) is 13.5 Å². The molecule has 4 aliphatic rings. The number of hydrogen-bond donors (Lipinski definition) is 0. The van der Waals surface area contributed by atoms with Gasteiger partial charge in [-0.25, -0.2) is 0 Å². The van der Waals surface area contributed by atoms with Crippen molar-refractivity contribution in [3.8, 4) is 0 Å². The molecule has 0 aliphatic heterocycles. The van der Waals surface area contributed by atoms with Crippen LogP contribution >= 0.6 is 0 Å². The topological polar surface area (TPSA) is 60.4 Å². The minimum atomic E-state index is -1.01. The first-order chi connectivity index (χ1) is 13.3. The number of rotatable bonds is 3. The van der Waals surface area contributed by atoms with Crippen LogP contribution in [0.25, 0.3) is 0 Å². The van der Waals surface area contributed by atoms with E-state index in [1.54, 1.807) is 6.92 Å². The maximum atomic E-state index is 12.9. The highest BCUT2D eigenvalue weighted by Crippen LogP contribution is 2.68. The molecule has 0 aromatic carbocycles. The SMILES string of the molecule is C=C1C[C@@]2(CC)[C@@H](CC[C@]2(OC(C)=O)C(C)=O)[C@@H]2CCC3=CC(=O)CC[C@@H]3[C@@H]12. The third-order valence-electron chi connectivity index (χ3n) is 8.56. The first-order valence-corrected chi connectivity index (χ1v) is 10.9. The number of hydrogen-bond acceptors (Lipinski definition) is 4. The van der Waals surface area contributed by atoms with Crippen LogP contribution in [0.3, 0.4) is 0 Å². The summed E-state index contributed by atoms with van der Waals surface area (Å²) in [5, 5.41) is 0. The molecule has 0 saturated heterocycles. The van der Waals surface area contributed by atoms with Crippen molar-refractivity contribution in [3.05, 3.63) is 23.8 Å². The Balaban J connectivity index is 1.76. The average molecular weight is 385 g/mol. The van der Waals surface area contributed by atoms with E-state index in [1.807, 2.05) is 6.08 Å². The molecule has 4 heteroatoms. The van der Waals surface area contributed by atoms with Gasteiger partial charge in [-0.05, 0) is 81.6 Å². The molecule has 3 saturated carbocycles. The lowest BCUT2D eigenvalue weighted by Crippen LogP contribution is -2.59. The molecular formula is C24H32O4. The number of carbonyl (C=O) groups excluding carboxylic acids is 3. The monoisotopic (exact) mass is 384 g/mol. The van der Waals surface area contributed by atoms with E-state index in [0.29, 0.717) is 36.5 Å². The Morgan fingerprint density at radius 3 is 2.61 bits per heavy atom. The van der Waals surface area contributed by atoms with E-state index in [-0.39, 0.29) is 23.0 Å². The van der Waals surface area contributed by atoms with Crippen LogP contribution in [0.4, 0.5) is 0 Å². The molecule has 152 valence electrons. The molecule has 4 aliphatic carbocycles. The predicted octanol–water partition coefficient (Wildman–Crippen LogP) is 4.58. The number of allylic oxidation sites excluding steroid dienone is 2. The summed E-state index contributed by atoms with van der Waals surface area (Å²) < 4.78 is 5.89. The highest BCUT2D eigenvalue weighted by atomic mass is 16.6. The Hall–Kier alpha value is -1.71. The van der Waals surface area contributed by atoms with Crippen molar-refractivity contribution in [3.63, 3.8) is 0 Å². The second kappa shape index (κ2) is 6.67. The molecule has 0 spiro atoms. The van der Waals surface area contributed by atoms with Gasteiger partial charge in [0.25, 0.3) is 0 Å². The molecule has 4 rings (SSSR count). The van der Waals surface area contributed by atoms with Crippen LogP contribution in [-0.4, -0.2) is 23.1 Å². The van der Waals surface area contributed by atoms with Gasteiger partial charge in [-0.3, -0.25) is 14.4 Å². The Morgan fingerprint density at radius 1 is 1.21 bits per heavy atom. The standard InChI is InChI=1S/C24H32O4/c1-5-23-13-14(2)22-19-9-7-18(27)12-17(19)6-8-20(22)21(23)10-11-24(23,15(3)25)28-16(4)26/h12,19-22H,2,5-11,13H2,1,3-4H3/t19-,20-,21-,22+,23-,24-/m0/s1. The first-order valence-electron chi connectivity index (χ1n) is 10.9. The van der Waals surface area contributed by atoms with E-state index in [0.717, 1.165) is 38.5 Å². The Labute approximate surface area is 167 Å². The molecule has 0 bridgehead atoms. The summed E-state index contributed by atoms with van der Waals surface area (Å²) in [4.78, 5) is 36.8. The molecule has 0 unspecified atom stereocenters. The van der Waals surface area contributed by atoms with Crippen molar-refractivity contribution < 1.29 is 19.1 Å². The van der Waals surface area contributed by atoms with Crippen LogP contribution in [-0.2, 0) is 19.1 Å². The zero-order valence-corrected chi connectivity index (χ0v) is 17.4. The molecule has 0 heterocycles. The van der Waals surface area contributed by atoms with Crippen LogP contribution in [0, 0.1) is 29.1 Å². The lowest BCUT2D eigenvalue weighted by molar-refractivity contribution is -0.186. The van der Waals surface area contributed by atoms with Gasteiger partial charge in [-0.1, -0.05) is 24.6 Å². The lowest BCUT2D eigenvalue weighted by Gasteiger charge is -2.57. The average Bonchev–Trinajstić information content (AvgIpc) is 2.96. The van der Waals surface area contributed by atoms with Crippen molar-refractivity contribution in [2.24, 2.45) is 29.1 Å². The second-order valence-corrected chi connectivity index (χ2v) is 9.53. The van der Waals surface area contributed by atoms with Crippen molar-refractivity contribution >= 4 is 17.5 Å². The Morgan fingerprint density at radius 2 is 1.96 bits per heavy atom. The van der Waals surface area contributed by atoms with Crippen LogP contribution < -0.4 is 0 Å². The maximum Gasteiger partial charge on any atom is 0.303 e. The van der Waals surface area contributed by atoms with Gasteiger partial charge in [0.1, 0.15) is 0 Å². The smallest absolute Gasteiger partial charge is 0.303 e. The summed E-state index contributed by atoms with van der Waals surface area (Å²) >= 11 is 0. The number of carbonyl (C=O) groups is 3. The van der Waals surface area contributed by atoms with Gasteiger partial charge in [0, 0.05) is 18.8 Å². The van der Waals surface area contributed by atoms with Crippen LogP contribution in [0.2, 0.25) is 0 Å². The highest BCUT2D eigenvalue weighted by Gasteiger charge is 2.68. The van der Waals surface area contributed by atoms with Crippen LogP contribution in [0.1, 0.15) is 72.1 Å². The number of ketones is 2. The summed E-state index contributed by atoms with van der Waals surface area (Å²) in [5.41, 5.74) is 1.17. The fraction of sp³-hybridized carbons (Fsp3) is 0.708. The van der Waals surface area contributed by atoms with Gasteiger partial charge in [-0.2, -0.15) is 0 Å². The molecule has 3 fully saturated rings. The molecule has 4 nitrogen and oxygen atoms in total. The molecule has 28 heavy (non-hydrogen) atoms. The van der Waals surface area contributed by atoms with Gasteiger partial charge in [0.05, 0.1) is 0 Å². The third-order valence-corrected chi connectivity index (χ3v) is 8.56. The Kier molecular flexibility index (Phi) is 4.67. The normalized spacial score (nSPS) is 42.2. The lowest BCUT2D eigenvalue weighted by atomic mass is 9.48. The summed E-state index contributed by atoms with van der Waals surface area (Å²) in [6.45, 7) is 9.65. The van der Waals surface area contributed by atoms with Gasteiger partial charge in [-0.15, -0.1) is 0 Å². The second-order valence-electron chi connectivity index (χ2n) is 9.53. The molecule has 0 aromatic rings. The van der Waals surface area contributed by atoms with E-state index in [9.17, 15) is 14.4 Å². The van der Waals surface area contributed by atoms with Crippen molar-refractivity contribution in [1.82, 2.24) is 0 Å². The number of fused-ring (bicyclic) bond motifs is 5. The first kappa shape index (κ1) is 19.6. The van der Waals surface area contributed by atoms with Crippen LogP contribution in [0.5, 0.6) is 0 Å². The maximum absolute atomic E-state index is 12.9. The highest BCUT2D eigenvalue weighted by molar-refractivity contribution is 5.91. The molecule has 0 amide bonds. The fourth-order valence-electron chi connectivity index (χ4n) is 7.66. The number of Topliss-reactive ketones (excluding diaryl/α,β-unsaturated/α-hetero) is 1. The minimum absolute atomic E-state index is 0.0158. The minimum Gasteiger partial charge on any atom is -0.451 e. The van der Waals surface area contributed by atoms with E-state index < -0.39 is 5.60 Å². The van der Waals surface area contributed by atoms with Gasteiger partial charge < -0.3 is 4.74 Å². The summed E-state index contributed by atoms with van der Waals surface area (Å²) in [6, 6.07) is 0. The van der Waals surface area contributed by atoms with Gasteiger partial charge in [0.15, 0.2) is 17.2 Å². The van der Waals surface area contributed by atoms with E-state index in [1.165, 1.54) is 18.1 Å². The van der Waals surface area contributed by atoms with E-state index in [4.69, 9.17) is 4.74 Å². The summed E-state index contributed by atoms with van der Waals surface area (Å²) in [7, 11) is 0. The Bertz CT molecular complexity index is 777. The largest absolute Gasteiger partial charge is 0.451 e. The number of ether oxygens (including phenoxy) is 1. The third kappa shape index (κ3) is 2.52. The van der Waals surface area contributed by atoms with Crippen molar-refractivity contribution in [2.75, 3.05) is 0 Å². The zero-order valence-electron chi connectivity index (χ0n) is 17.4. The summed E-state index contributed by atoms with van der Waals surface area (Å²) in [5.74, 6) is 1.55. The quantitative estimate of drug-likeness (QED) is 0.528. The van der Waals surface area contributed by atoms with Gasteiger partial charge in [0.2, 0.25) is 0 Å². The van der Waals surface area contributed by atoms with E-state index >= 15 is 0 Å². The zero-order chi connectivity index (χ0) is 20.3. The summed E-state index contributed by atoms with van der Waals surface area (Å²) in [6.07, 6.45) is 8.60. The molecule has 0 N–H and O–H groups in total. The molecule has 6 atom stereocenters. The van der Waals surface area contributed by atoms with Crippen molar-refractivity contribution in [1.29, 1.82) is 0 Å². The van der Waals surface area contributed by atoms with Gasteiger partial charge >= 0.3 is 5.97 Å². The molecule has 0 aromatic heterocycles. The predicted molar refractivity (Wildman–Crippen MR) is 106 cm³/mol. The van der Waals surface area contributed by atoms with Crippen LogP contribution in [0.15, 0.2) is 23.8 Å². The molecular weight excluding hydrogens is 352 g/mol. The van der Waals surface area contributed by atoms with Crippen molar-refractivity contribution in [2.45, 2.75) is 77.7 Å².